The van der Waals surface area contributed by atoms with Crippen molar-refractivity contribution in [2.75, 3.05) is 12.3 Å². The first-order chi connectivity index (χ1) is 8.22. The molecule has 1 fully saturated rings. The molecule has 1 atom stereocenters. The maximum Gasteiger partial charge on any atom is 0.156 e. The molecule has 1 aliphatic rings. The van der Waals surface area contributed by atoms with Crippen LogP contribution in [0.4, 0.5) is 0 Å². The van der Waals surface area contributed by atoms with Gasteiger partial charge >= 0.3 is 0 Å². The van der Waals surface area contributed by atoms with Crippen LogP contribution < -0.4 is 5.32 Å². The average molecular weight is 269 g/mol. The van der Waals surface area contributed by atoms with Gasteiger partial charge in [0.15, 0.2) is 5.17 Å². The van der Waals surface area contributed by atoms with Gasteiger partial charge in [-0.1, -0.05) is 18.7 Å². The van der Waals surface area contributed by atoms with Crippen molar-refractivity contribution < 1.29 is 0 Å². The highest BCUT2D eigenvalue weighted by molar-refractivity contribution is 8.13. The zero-order valence-electron chi connectivity index (χ0n) is 10.4. The third-order valence-electron chi connectivity index (χ3n) is 3.19. The monoisotopic (exact) mass is 269 g/mol. The standard InChI is InChI=1S/C12H19N3S2/c1-3-12(2)5-7-17-11(15-12)13-6-4-10-8-16-9-14-10/h8-9H,3-7H2,1-2H3,(H,13,15). The average Bonchev–Trinajstić information content (AvgIpc) is 2.82. The number of thiazole rings is 1. The molecule has 1 aliphatic heterocycles. The van der Waals surface area contributed by atoms with Crippen LogP contribution in [0, 0.1) is 0 Å². The summed E-state index contributed by atoms with van der Waals surface area (Å²) in [7, 11) is 0. The van der Waals surface area contributed by atoms with Gasteiger partial charge < -0.3 is 5.32 Å². The molecule has 1 unspecified atom stereocenters. The molecular formula is C12H19N3S2. The molecule has 1 N–H and O–H groups in total. The van der Waals surface area contributed by atoms with Gasteiger partial charge in [-0.2, -0.15) is 0 Å². The number of hydrogen-bond donors (Lipinski definition) is 1. The van der Waals surface area contributed by atoms with E-state index >= 15 is 0 Å². The van der Waals surface area contributed by atoms with E-state index in [2.05, 4.69) is 34.5 Å². The molecule has 5 heteroatoms. The van der Waals surface area contributed by atoms with E-state index < -0.39 is 0 Å². The summed E-state index contributed by atoms with van der Waals surface area (Å²) in [4.78, 5) is 8.90. The Bertz CT molecular complexity index is 375. The normalized spacial score (nSPS) is 27.1. The van der Waals surface area contributed by atoms with E-state index in [0.29, 0.717) is 0 Å². The van der Waals surface area contributed by atoms with E-state index in [-0.39, 0.29) is 5.54 Å². The highest BCUT2D eigenvalue weighted by Crippen LogP contribution is 2.24. The third kappa shape index (κ3) is 3.71. The maximum absolute atomic E-state index is 4.63. The SMILES string of the molecule is CCC1(C)CCSC(=NCCc2cscn2)N1. The molecule has 0 spiro atoms. The van der Waals surface area contributed by atoms with Crippen LogP contribution in [0.2, 0.25) is 0 Å². The second-order valence-corrected chi connectivity index (χ2v) is 6.36. The van der Waals surface area contributed by atoms with Gasteiger partial charge in [0.25, 0.3) is 0 Å². The van der Waals surface area contributed by atoms with Gasteiger partial charge in [0.05, 0.1) is 11.2 Å². The van der Waals surface area contributed by atoms with Crippen LogP contribution in [0.25, 0.3) is 0 Å². The lowest BCUT2D eigenvalue weighted by Gasteiger charge is -2.35. The molecule has 0 bridgehead atoms. The predicted octanol–water partition coefficient (Wildman–Crippen LogP) is 2.94. The van der Waals surface area contributed by atoms with Crippen LogP contribution in [-0.4, -0.2) is 28.0 Å². The zero-order chi connectivity index (χ0) is 12.1. The summed E-state index contributed by atoms with van der Waals surface area (Å²) in [6.07, 6.45) is 3.32. The Hall–Kier alpha value is -0.550. The van der Waals surface area contributed by atoms with Gasteiger partial charge in [-0.05, 0) is 19.8 Å². The van der Waals surface area contributed by atoms with E-state index in [4.69, 9.17) is 0 Å². The minimum absolute atomic E-state index is 0.241. The lowest BCUT2D eigenvalue weighted by Crippen LogP contribution is -2.48. The first kappa shape index (κ1) is 12.9. The van der Waals surface area contributed by atoms with Crippen molar-refractivity contribution in [3.63, 3.8) is 0 Å². The summed E-state index contributed by atoms with van der Waals surface area (Å²) in [5, 5.41) is 6.76. The number of nitrogens with zero attached hydrogens (tertiary/aromatic N) is 2. The molecule has 17 heavy (non-hydrogen) atoms. The lowest BCUT2D eigenvalue weighted by atomic mass is 9.96. The van der Waals surface area contributed by atoms with Crippen LogP contribution in [0.3, 0.4) is 0 Å². The van der Waals surface area contributed by atoms with Crippen molar-refractivity contribution in [1.29, 1.82) is 0 Å². The summed E-state index contributed by atoms with van der Waals surface area (Å²) in [5.74, 6) is 1.17. The minimum atomic E-state index is 0.241. The van der Waals surface area contributed by atoms with Crippen LogP contribution in [0.15, 0.2) is 15.9 Å². The Labute approximate surface area is 111 Å². The summed E-state index contributed by atoms with van der Waals surface area (Å²) >= 11 is 3.49. The Kier molecular flexibility index (Phi) is 4.45. The number of rotatable bonds is 4. The second kappa shape index (κ2) is 5.87. The minimum Gasteiger partial charge on any atom is -0.360 e. The summed E-state index contributed by atoms with van der Waals surface area (Å²) in [6.45, 7) is 5.34. The number of aromatic nitrogens is 1. The predicted molar refractivity (Wildman–Crippen MR) is 77.0 cm³/mol. The quantitative estimate of drug-likeness (QED) is 0.913. The van der Waals surface area contributed by atoms with Crippen molar-refractivity contribution in [3.8, 4) is 0 Å². The largest absolute Gasteiger partial charge is 0.360 e. The number of hydrogen-bond acceptors (Lipinski definition) is 4. The molecule has 1 aromatic heterocycles. The van der Waals surface area contributed by atoms with Gasteiger partial charge in [-0.25, -0.2) is 4.98 Å². The molecule has 2 rings (SSSR count). The maximum atomic E-state index is 4.63. The molecule has 0 amide bonds. The number of aliphatic imine (C=N–C) groups is 1. The molecule has 2 heterocycles. The summed E-state index contributed by atoms with van der Waals surface area (Å²) in [6, 6.07) is 0. The van der Waals surface area contributed by atoms with Gasteiger partial charge in [0.2, 0.25) is 0 Å². The Morgan fingerprint density at radius 1 is 1.59 bits per heavy atom. The van der Waals surface area contributed by atoms with Crippen molar-refractivity contribution >= 4 is 28.3 Å². The summed E-state index contributed by atoms with van der Waals surface area (Å²) < 4.78 is 0. The van der Waals surface area contributed by atoms with Gasteiger partial charge in [-0.15, -0.1) is 11.3 Å². The van der Waals surface area contributed by atoms with E-state index in [1.54, 1.807) is 11.3 Å². The Balaban J connectivity index is 1.85. The topological polar surface area (TPSA) is 37.3 Å². The summed E-state index contributed by atoms with van der Waals surface area (Å²) in [5.41, 5.74) is 3.27. The number of thioether (sulfide) groups is 1. The molecule has 0 radical (unpaired) electrons. The fourth-order valence-electron chi connectivity index (χ4n) is 1.71. The molecule has 1 saturated heterocycles. The smallest absolute Gasteiger partial charge is 0.156 e. The van der Waals surface area contributed by atoms with E-state index in [0.717, 1.165) is 30.2 Å². The molecule has 1 aromatic rings. The van der Waals surface area contributed by atoms with Crippen molar-refractivity contribution in [2.45, 2.75) is 38.6 Å². The molecule has 94 valence electrons. The first-order valence-corrected chi connectivity index (χ1v) is 7.97. The van der Waals surface area contributed by atoms with E-state index in [9.17, 15) is 0 Å². The molecule has 0 aliphatic carbocycles. The Morgan fingerprint density at radius 3 is 3.18 bits per heavy atom. The zero-order valence-corrected chi connectivity index (χ0v) is 12.0. The fraction of sp³-hybridized carbons (Fsp3) is 0.667. The first-order valence-electron chi connectivity index (χ1n) is 6.04. The number of nitrogens with one attached hydrogen (secondary N) is 1. The highest BCUT2D eigenvalue weighted by atomic mass is 32.2. The van der Waals surface area contributed by atoms with Crippen molar-refractivity contribution in [1.82, 2.24) is 10.3 Å². The van der Waals surface area contributed by atoms with Gasteiger partial charge in [0, 0.05) is 29.6 Å². The van der Waals surface area contributed by atoms with E-state index in [1.807, 2.05) is 17.3 Å². The number of amidine groups is 1. The highest BCUT2D eigenvalue weighted by Gasteiger charge is 2.27. The molecule has 3 nitrogen and oxygen atoms in total. The second-order valence-electron chi connectivity index (χ2n) is 4.55. The van der Waals surface area contributed by atoms with Crippen molar-refractivity contribution in [2.24, 2.45) is 4.99 Å². The van der Waals surface area contributed by atoms with Crippen LogP contribution >= 0.6 is 23.1 Å². The molecule has 0 saturated carbocycles. The van der Waals surface area contributed by atoms with Crippen LogP contribution in [0.5, 0.6) is 0 Å². The third-order valence-corrected chi connectivity index (χ3v) is 4.74. The van der Waals surface area contributed by atoms with Gasteiger partial charge in [-0.3, -0.25) is 4.99 Å². The van der Waals surface area contributed by atoms with Crippen molar-refractivity contribution in [3.05, 3.63) is 16.6 Å². The lowest BCUT2D eigenvalue weighted by molar-refractivity contribution is 0.390. The van der Waals surface area contributed by atoms with Crippen LogP contribution in [-0.2, 0) is 6.42 Å². The van der Waals surface area contributed by atoms with Crippen LogP contribution in [0.1, 0.15) is 32.4 Å². The van der Waals surface area contributed by atoms with E-state index in [1.165, 1.54) is 12.2 Å². The molecular weight excluding hydrogens is 250 g/mol. The fourth-order valence-corrected chi connectivity index (χ4v) is 3.55. The van der Waals surface area contributed by atoms with Gasteiger partial charge in [0.1, 0.15) is 0 Å². The molecule has 0 aromatic carbocycles. The Morgan fingerprint density at radius 2 is 2.47 bits per heavy atom.